The number of amides is 1. The number of rotatable bonds is 4. The average molecular weight is 280 g/mol. The molecular formula is C14H20N2O4. The van der Waals surface area contributed by atoms with E-state index in [0.29, 0.717) is 11.4 Å². The minimum absolute atomic E-state index is 0.191. The Morgan fingerprint density at radius 2 is 1.95 bits per heavy atom. The third kappa shape index (κ3) is 4.79. The summed E-state index contributed by atoms with van der Waals surface area (Å²) in [7, 11) is 1.44. The summed E-state index contributed by atoms with van der Waals surface area (Å²) in [6, 6.07) is 4.63. The van der Waals surface area contributed by atoms with Crippen LogP contribution in [0.25, 0.3) is 0 Å². The first-order valence-corrected chi connectivity index (χ1v) is 6.14. The van der Waals surface area contributed by atoms with Gasteiger partial charge in [-0.15, -0.1) is 0 Å². The summed E-state index contributed by atoms with van der Waals surface area (Å²) >= 11 is 0. The Balaban J connectivity index is 2.68. The maximum Gasteiger partial charge on any atom is 0.342 e. The first kappa shape index (κ1) is 15.8. The molecule has 0 aliphatic rings. The first-order valence-electron chi connectivity index (χ1n) is 6.14. The van der Waals surface area contributed by atoms with Crippen molar-refractivity contribution in [3.05, 3.63) is 23.8 Å². The highest BCUT2D eigenvalue weighted by Gasteiger charge is 2.18. The number of methoxy groups -OCH3 is 1. The molecule has 0 aromatic heterocycles. The van der Waals surface area contributed by atoms with Crippen molar-refractivity contribution in [2.24, 2.45) is 0 Å². The van der Waals surface area contributed by atoms with E-state index in [1.165, 1.54) is 13.2 Å². The van der Waals surface area contributed by atoms with Gasteiger partial charge in [-0.25, -0.2) is 4.79 Å². The number of anilines is 1. The fourth-order valence-corrected chi connectivity index (χ4v) is 1.55. The van der Waals surface area contributed by atoms with E-state index in [0.717, 1.165) is 0 Å². The minimum Gasteiger partial charge on any atom is -0.496 e. The quantitative estimate of drug-likeness (QED) is 0.641. The van der Waals surface area contributed by atoms with Crippen LogP contribution < -0.4 is 15.8 Å². The van der Waals surface area contributed by atoms with Crippen molar-refractivity contribution in [2.45, 2.75) is 26.3 Å². The van der Waals surface area contributed by atoms with Gasteiger partial charge in [-0.1, -0.05) is 0 Å². The van der Waals surface area contributed by atoms with Gasteiger partial charge in [0.05, 0.1) is 7.11 Å². The second-order valence-electron chi connectivity index (χ2n) is 5.33. The highest BCUT2D eigenvalue weighted by Crippen LogP contribution is 2.21. The molecule has 1 amide bonds. The van der Waals surface area contributed by atoms with Crippen molar-refractivity contribution in [3.63, 3.8) is 0 Å². The van der Waals surface area contributed by atoms with Gasteiger partial charge in [-0.05, 0) is 39.0 Å². The van der Waals surface area contributed by atoms with E-state index in [2.05, 4.69) is 5.32 Å². The molecule has 0 atom stereocenters. The van der Waals surface area contributed by atoms with Crippen molar-refractivity contribution >= 4 is 17.6 Å². The summed E-state index contributed by atoms with van der Waals surface area (Å²) in [5.74, 6) is -0.674. The van der Waals surface area contributed by atoms with Gasteiger partial charge < -0.3 is 20.5 Å². The number of hydrogen-bond acceptors (Lipinski definition) is 5. The average Bonchev–Trinajstić information content (AvgIpc) is 2.33. The number of hydrogen-bond donors (Lipinski definition) is 2. The molecule has 6 heteroatoms. The monoisotopic (exact) mass is 280 g/mol. The van der Waals surface area contributed by atoms with E-state index in [-0.39, 0.29) is 23.6 Å². The molecule has 0 fully saturated rings. The number of nitrogen functional groups attached to an aromatic ring is 1. The van der Waals surface area contributed by atoms with E-state index >= 15 is 0 Å². The van der Waals surface area contributed by atoms with Gasteiger partial charge in [0.15, 0.2) is 6.61 Å². The molecule has 1 aromatic rings. The van der Waals surface area contributed by atoms with Gasteiger partial charge >= 0.3 is 5.97 Å². The minimum atomic E-state index is -0.654. The van der Waals surface area contributed by atoms with Gasteiger partial charge in [-0.3, -0.25) is 4.79 Å². The maximum absolute atomic E-state index is 11.9. The van der Waals surface area contributed by atoms with Crippen LogP contribution in [0.4, 0.5) is 5.69 Å². The van der Waals surface area contributed by atoms with Gasteiger partial charge in [0, 0.05) is 11.2 Å². The lowest BCUT2D eigenvalue weighted by molar-refractivity contribution is -0.125. The molecule has 0 radical (unpaired) electrons. The number of carbonyl (C=O) groups excluding carboxylic acids is 2. The van der Waals surface area contributed by atoms with Crippen molar-refractivity contribution in [3.8, 4) is 5.75 Å². The smallest absolute Gasteiger partial charge is 0.342 e. The molecule has 20 heavy (non-hydrogen) atoms. The molecule has 0 heterocycles. The second kappa shape index (κ2) is 6.27. The zero-order valence-electron chi connectivity index (χ0n) is 12.1. The van der Waals surface area contributed by atoms with Crippen molar-refractivity contribution in [1.29, 1.82) is 0 Å². The Bertz CT molecular complexity index is 506. The molecule has 0 unspecified atom stereocenters. The van der Waals surface area contributed by atoms with E-state index < -0.39 is 5.97 Å². The molecule has 110 valence electrons. The van der Waals surface area contributed by atoms with Gasteiger partial charge in [0.1, 0.15) is 11.3 Å². The Labute approximate surface area is 118 Å². The maximum atomic E-state index is 11.9. The molecule has 0 bridgehead atoms. The predicted octanol–water partition coefficient (Wildman–Crippen LogP) is 1.35. The molecular weight excluding hydrogens is 260 g/mol. The Hall–Kier alpha value is -2.24. The molecule has 3 N–H and O–H groups in total. The third-order valence-electron chi connectivity index (χ3n) is 2.29. The van der Waals surface area contributed by atoms with Crippen LogP contribution in [0.15, 0.2) is 18.2 Å². The summed E-state index contributed by atoms with van der Waals surface area (Å²) < 4.78 is 10.00. The highest BCUT2D eigenvalue weighted by atomic mass is 16.5. The number of ether oxygens (including phenoxy) is 2. The lowest BCUT2D eigenvalue weighted by Gasteiger charge is -2.20. The molecule has 0 aliphatic heterocycles. The Kier molecular flexibility index (Phi) is 4.96. The Morgan fingerprint density at radius 1 is 1.30 bits per heavy atom. The molecule has 1 rings (SSSR count). The molecule has 1 aromatic carbocycles. The number of nitrogens with one attached hydrogen (secondary N) is 1. The van der Waals surface area contributed by atoms with Gasteiger partial charge in [-0.2, -0.15) is 0 Å². The third-order valence-corrected chi connectivity index (χ3v) is 2.29. The van der Waals surface area contributed by atoms with E-state index in [1.807, 2.05) is 20.8 Å². The Morgan fingerprint density at radius 3 is 2.50 bits per heavy atom. The summed E-state index contributed by atoms with van der Waals surface area (Å²) in [5, 5.41) is 2.69. The zero-order valence-corrected chi connectivity index (χ0v) is 12.1. The van der Waals surface area contributed by atoms with Crippen LogP contribution in [0.5, 0.6) is 5.75 Å². The van der Waals surface area contributed by atoms with Crippen LogP contribution in [0.2, 0.25) is 0 Å². The highest BCUT2D eigenvalue weighted by molar-refractivity contribution is 5.95. The topological polar surface area (TPSA) is 90.7 Å². The SMILES string of the molecule is COc1ccc(N)cc1C(=O)OCC(=O)NC(C)(C)C. The van der Waals surface area contributed by atoms with Gasteiger partial charge in [0.25, 0.3) is 5.91 Å². The summed E-state index contributed by atoms with van der Waals surface area (Å²) in [5.41, 5.74) is 5.84. The molecule has 6 nitrogen and oxygen atoms in total. The van der Waals surface area contributed by atoms with Crippen LogP contribution in [0.3, 0.4) is 0 Å². The molecule has 0 saturated carbocycles. The van der Waals surface area contributed by atoms with Crippen LogP contribution in [0, 0.1) is 0 Å². The predicted molar refractivity (Wildman–Crippen MR) is 75.6 cm³/mol. The van der Waals surface area contributed by atoms with Crippen LogP contribution in [-0.4, -0.2) is 31.1 Å². The summed E-state index contributed by atoms with van der Waals surface area (Å²) in [6.45, 7) is 5.17. The van der Waals surface area contributed by atoms with Gasteiger partial charge in [0.2, 0.25) is 0 Å². The lowest BCUT2D eigenvalue weighted by Crippen LogP contribution is -2.42. The molecule has 0 saturated heterocycles. The fraction of sp³-hybridized carbons (Fsp3) is 0.429. The number of carbonyl (C=O) groups is 2. The normalized spacial score (nSPS) is 10.8. The second-order valence-corrected chi connectivity index (χ2v) is 5.33. The molecule has 0 spiro atoms. The van der Waals surface area contributed by atoms with Crippen molar-refractivity contribution < 1.29 is 19.1 Å². The van der Waals surface area contributed by atoms with E-state index in [1.54, 1.807) is 12.1 Å². The standard InChI is InChI=1S/C14H20N2O4/c1-14(2,3)16-12(17)8-20-13(18)10-7-9(15)5-6-11(10)19-4/h5-7H,8,15H2,1-4H3,(H,16,17). The van der Waals surface area contributed by atoms with Crippen molar-refractivity contribution in [2.75, 3.05) is 19.5 Å². The molecule has 0 aliphatic carbocycles. The fourth-order valence-electron chi connectivity index (χ4n) is 1.55. The summed E-state index contributed by atoms with van der Waals surface area (Å²) in [6.07, 6.45) is 0. The summed E-state index contributed by atoms with van der Waals surface area (Å²) in [4.78, 5) is 23.5. The number of nitrogens with two attached hydrogens (primary N) is 1. The largest absolute Gasteiger partial charge is 0.496 e. The van der Waals surface area contributed by atoms with E-state index in [4.69, 9.17) is 15.2 Å². The lowest BCUT2D eigenvalue weighted by atomic mass is 10.1. The van der Waals surface area contributed by atoms with Crippen LogP contribution in [0.1, 0.15) is 31.1 Å². The number of benzene rings is 1. The van der Waals surface area contributed by atoms with E-state index in [9.17, 15) is 9.59 Å². The number of esters is 1. The van der Waals surface area contributed by atoms with Crippen LogP contribution >= 0.6 is 0 Å². The van der Waals surface area contributed by atoms with Crippen LogP contribution in [-0.2, 0) is 9.53 Å². The first-order chi connectivity index (χ1) is 9.23. The zero-order chi connectivity index (χ0) is 15.3. The van der Waals surface area contributed by atoms with Crippen molar-refractivity contribution in [1.82, 2.24) is 5.32 Å².